The van der Waals surface area contributed by atoms with Crippen LogP contribution in [-0.2, 0) is 19.1 Å². The van der Waals surface area contributed by atoms with E-state index in [1.54, 1.807) is 6.92 Å². The van der Waals surface area contributed by atoms with Crippen LogP contribution in [0.15, 0.2) is 0 Å². The van der Waals surface area contributed by atoms with Gasteiger partial charge in [-0.25, -0.2) is 4.79 Å². The smallest absolute Gasteiger partial charge is 0.332 e. The van der Waals surface area contributed by atoms with Crippen molar-refractivity contribution in [3.05, 3.63) is 0 Å². The van der Waals surface area contributed by atoms with Gasteiger partial charge in [0.2, 0.25) is 11.8 Å². The first-order chi connectivity index (χ1) is 8.88. The molecule has 0 rings (SSSR count). The van der Waals surface area contributed by atoms with Gasteiger partial charge in [-0.05, 0) is 12.8 Å². The fourth-order valence-electron chi connectivity index (χ4n) is 1.15. The summed E-state index contributed by atoms with van der Waals surface area (Å²) in [5.74, 6) is -1.20. The van der Waals surface area contributed by atoms with E-state index in [1.165, 1.54) is 0 Å². The van der Waals surface area contributed by atoms with Crippen molar-refractivity contribution in [2.45, 2.75) is 33.2 Å². The van der Waals surface area contributed by atoms with Crippen LogP contribution in [0.4, 0.5) is 0 Å². The summed E-state index contributed by atoms with van der Waals surface area (Å²) < 4.78 is 4.61. The predicted molar refractivity (Wildman–Crippen MR) is 70.1 cm³/mol. The van der Waals surface area contributed by atoms with Gasteiger partial charge in [0.15, 0.2) is 6.04 Å². The number of amides is 2. The van der Waals surface area contributed by atoms with Crippen LogP contribution in [0.3, 0.4) is 0 Å². The monoisotopic (exact) mass is 273 g/mol. The summed E-state index contributed by atoms with van der Waals surface area (Å²) >= 11 is 0. The van der Waals surface area contributed by atoms with Crippen molar-refractivity contribution in [1.29, 1.82) is 0 Å². The molecule has 0 fully saturated rings. The van der Waals surface area contributed by atoms with Crippen LogP contribution in [0.5, 0.6) is 0 Å². The number of carbonyl (C=O) groups is 3. The summed E-state index contributed by atoms with van der Waals surface area (Å²) in [4.78, 5) is 34.0. The number of hydrogen-bond acceptors (Lipinski definition) is 5. The molecule has 0 aromatic rings. The molecule has 0 aliphatic rings. The maximum atomic E-state index is 11.4. The minimum atomic E-state index is -1.35. The fourth-order valence-corrected chi connectivity index (χ4v) is 1.15. The van der Waals surface area contributed by atoms with E-state index in [-0.39, 0.29) is 25.5 Å². The molecule has 0 heterocycles. The van der Waals surface area contributed by atoms with Crippen LogP contribution < -0.4 is 16.4 Å². The van der Waals surface area contributed by atoms with E-state index in [0.717, 1.165) is 0 Å². The molecule has 0 bridgehead atoms. The van der Waals surface area contributed by atoms with E-state index in [9.17, 15) is 14.4 Å². The van der Waals surface area contributed by atoms with E-state index >= 15 is 0 Å². The Morgan fingerprint density at radius 1 is 1.21 bits per heavy atom. The Morgan fingerprint density at radius 2 is 1.84 bits per heavy atom. The average Bonchev–Trinajstić information content (AvgIpc) is 2.35. The highest BCUT2D eigenvalue weighted by Crippen LogP contribution is 1.89. The predicted octanol–water partition coefficient (Wildman–Crippen LogP) is -0.845. The lowest BCUT2D eigenvalue weighted by Crippen LogP contribution is -2.47. The highest BCUT2D eigenvalue weighted by molar-refractivity contribution is 6.01. The Kier molecular flexibility index (Phi) is 8.52. The third-order valence-electron chi connectivity index (χ3n) is 2.18. The van der Waals surface area contributed by atoms with E-state index in [2.05, 4.69) is 15.4 Å². The SMILES string of the molecule is CCOC(=O)C(N)C(=O)NCCC(=O)NCC(C)C. The molecule has 1 unspecified atom stereocenters. The standard InChI is InChI=1S/C12H23N3O4/c1-4-19-12(18)10(13)11(17)14-6-5-9(16)15-7-8(2)3/h8,10H,4-7,13H2,1-3H3,(H,14,17)(H,15,16). The van der Waals surface area contributed by atoms with Crippen molar-refractivity contribution in [3.63, 3.8) is 0 Å². The topological polar surface area (TPSA) is 111 Å². The van der Waals surface area contributed by atoms with Gasteiger partial charge in [0.1, 0.15) is 0 Å². The molecule has 0 aromatic carbocycles. The fraction of sp³-hybridized carbons (Fsp3) is 0.750. The normalized spacial score (nSPS) is 11.8. The molecule has 0 saturated heterocycles. The van der Waals surface area contributed by atoms with Crippen LogP contribution in [-0.4, -0.2) is 43.5 Å². The van der Waals surface area contributed by atoms with Crippen molar-refractivity contribution in [3.8, 4) is 0 Å². The lowest BCUT2D eigenvalue weighted by molar-refractivity contribution is -0.147. The van der Waals surface area contributed by atoms with Gasteiger partial charge in [0.05, 0.1) is 6.61 Å². The highest BCUT2D eigenvalue weighted by Gasteiger charge is 2.22. The van der Waals surface area contributed by atoms with Crippen molar-refractivity contribution < 1.29 is 19.1 Å². The zero-order valence-electron chi connectivity index (χ0n) is 11.7. The van der Waals surface area contributed by atoms with Crippen molar-refractivity contribution in [2.75, 3.05) is 19.7 Å². The molecule has 7 heteroatoms. The van der Waals surface area contributed by atoms with Crippen LogP contribution in [0.1, 0.15) is 27.2 Å². The van der Waals surface area contributed by atoms with Gasteiger partial charge >= 0.3 is 5.97 Å². The van der Waals surface area contributed by atoms with E-state index < -0.39 is 17.9 Å². The summed E-state index contributed by atoms with van der Waals surface area (Å²) in [6.45, 7) is 6.49. The highest BCUT2D eigenvalue weighted by atomic mass is 16.5. The Bertz CT molecular complexity index is 318. The molecular formula is C12H23N3O4. The van der Waals surface area contributed by atoms with E-state index in [1.807, 2.05) is 13.8 Å². The molecule has 2 amide bonds. The maximum Gasteiger partial charge on any atom is 0.332 e. The maximum absolute atomic E-state index is 11.4. The van der Waals surface area contributed by atoms with Gasteiger partial charge in [0.25, 0.3) is 0 Å². The molecule has 0 aliphatic carbocycles. The molecule has 19 heavy (non-hydrogen) atoms. The second-order valence-corrected chi connectivity index (χ2v) is 4.47. The lowest BCUT2D eigenvalue weighted by Gasteiger charge is -2.11. The molecule has 0 saturated carbocycles. The van der Waals surface area contributed by atoms with Crippen LogP contribution in [0.2, 0.25) is 0 Å². The first kappa shape index (κ1) is 17.4. The Morgan fingerprint density at radius 3 is 2.37 bits per heavy atom. The molecule has 0 radical (unpaired) electrons. The van der Waals surface area contributed by atoms with E-state index in [0.29, 0.717) is 12.5 Å². The van der Waals surface area contributed by atoms with Gasteiger partial charge in [-0.3, -0.25) is 9.59 Å². The van der Waals surface area contributed by atoms with Crippen LogP contribution in [0, 0.1) is 5.92 Å². The zero-order chi connectivity index (χ0) is 14.8. The number of nitrogens with one attached hydrogen (secondary N) is 2. The van der Waals surface area contributed by atoms with Gasteiger partial charge in [-0.2, -0.15) is 0 Å². The number of hydrogen-bond donors (Lipinski definition) is 3. The first-order valence-corrected chi connectivity index (χ1v) is 6.35. The molecule has 4 N–H and O–H groups in total. The summed E-state index contributed by atoms with van der Waals surface area (Å²) in [7, 11) is 0. The van der Waals surface area contributed by atoms with Crippen molar-refractivity contribution >= 4 is 17.8 Å². The Balaban J connectivity index is 3.85. The minimum absolute atomic E-state index is 0.135. The lowest BCUT2D eigenvalue weighted by atomic mass is 10.2. The van der Waals surface area contributed by atoms with Gasteiger partial charge in [-0.1, -0.05) is 13.8 Å². The van der Waals surface area contributed by atoms with Crippen LogP contribution >= 0.6 is 0 Å². The third kappa shape index (κ3) is 8.15. The summed E-state index contributed by atoms with van der Waals surface area (Å²) in [6, 6.07) is -1.35. The zero-order valence-corrected chi connectivity index (χ0v) is 11.7. The molecule has 0 spiro atoms. The van der Waals surface area contributed by atoms with Gasteiger partial charge < -0.3 is 21.1 Å². The Labute approximate surface area is 113 Å². The number of esters is 1. The first-order valence-electron chi connectivity index (χ1n) is 6.35. The van der Waals surface area contributed by atoms with Gasteiger partial charge in [-0.15, -0.1) is 0 Å². The summed E-state index contributed by atoms with van der Waals surface area (Å²) in [5, 5.41) is 5.13. The van der Waals surface area contributed by atoms with Crippen molar-refractivity contribution in [2.24, 2.45) is 11.7 Å². The van der Waals surface area contributed by atoms with Crippen molar-refractivity contribution in [1.82, 2.24) is 10.6 Å². The summed E-state index contributed by atoms with van der Waals surface area (Å²) in [5.41, 5.74) is 5.37. The molecule has 1 atom stereocenters. The number of rotatable bonds is 8. The molecule has 7 nitrogen and oxygen atoms in total. The third-order valence-corrected chi connectivity index (χ3v) is 2.18. The largest absolute Gasteiger partial charge is 0.464 e. The number of carbonyl (C=O) groups excluding carboxylic acids is 3. The average molecular weight is 273 g/mol. The molecule has 0 aromatic heterocycles. The Hall–Kier alpha value is -1.63. The number of ether oxygens (including phenoxy) is 1. The second-order valence-electron chi connectivity index (χ2n) is 4.47. The van der Waals surface area contributed by atoms with Crippen LogP contribution in [0.25, 0.3) is 0 Å². The molecular weight excluding hydrogens is 250 g/mol. The minimum Gasteiger partial charge on any atom is -0.464 e. The second kappa shape index (κ2) is 9.32. The van der Waals surface area contributed by atoms with Gasteiger partial charge in [0, 0.05) is 19.5 Å². The molecule has 0 aliphatic heterocycles. The number of nitrogens with two attached hydrogens (primary N) is 1. The quantitative estimate of drug-likeness (QED) is 0.394. The summed E-state index contributed by atoms with van der Waals surface area (Å²) in [6.07, 6.45) is 0.147. The molecule has 110 valence electrons. The van der Waals surface area contributed by atoms with E-state index in [4.69, 9.17) is 5.73 Å².